The van der Waals surface area contributed by atoms with E-state index in [1.807, 2.05) is 26.0 Å². The molecule has 3 N–H and O–H groups in total. The van der Waals surface area contributed by atoms with E-state index < -0.39 is 10.0 Å². The summed E-state index contributed by atoms with van der Waals surface area (Å²) >= 11 is 5.32. The van der Waals surface area contributed by atoms with Gasteiger partial charge in [-0.25, -0.2) is 8.42 Å². The lowest BCUT2D eigenvalue weighted by molar-refractivity contribution is -0.908. The molecule has 1 aromatic rings. The average Bonchev–Trinajstić information content (AvgIpc) is 2.71. The number of nitrogens with zero attached hydrogens (tertiary/aromatic N) is 1. The Labute approximate surface area is 174 Å². The normalized spacial score (nSPS) is 15.5. The third kappa shape index (κ3) is 6.97. The molecule has 0 atom stereocenters. The molecular weight excluding hydrogens is 396 g/mol. The predicted molar refractivity (Wildman–Crippen MR) is 115 cm³/mol. The maximum atomic E-state index is 12.5. The molecule has 0 radical (unpaired) electrons. The van der Waals surface area contributed by atoms with Crippen LogP contribution in [0.1, 0.15) is 25.8 Å². The lowest BCUT2D eigenvalue weighted by Gasteiger charge is -2.23. The fourth-order valence-corrected chi connectivity index (χ4v) is 4.82. The Morgan fingerprint density at radius 2 is 1.79 bits per heavy atom. The summed E-state index contributed by atoms with van der Waals surface area (Å²) in [6.07, 6.45) is 1.06. The summed E-state index contributed by atoms with van der Waals surface area (Å²) < 4.78 is 31.8. The Bertz CT molecular complexity index is 700. The van der Waals surface area contributed by atoms with Crippen LogP contribution >= 0.6 is 12.2 Å². The highest BCUT2D eigenvalue weighted by Gasteiger charge is 2.21. The summed E-state index contributed by atoms with van der Waals surface area (Å²) in [7, 11) is -3.41. The molecule has 158 valence electrons. The Hall–Kier alpha value is -1.26. The van der Waals surface area contributed by atoms with Gasteiger partial charge in [-0.2, -0.15) is 4.31 Å². The van der Waals surface area contributed by atoms with Crippen molar-refractivity contribution in [2.75, 3.05) is 52.5 Å². The number of ether oxygens (including phenoxy) is 1. The molecule has 0 aromatic heterocycles. The van der Waals surface area contributed by atoms with Crippen LogP contribution in [-0.4, -0.2) is 70.3 Å². The van der Waals surface area contributed by atoms with Gasteiger partial charge >= 0.3 is 0 Å². The highest BCUT2D eigenvalue weighted by Crippen LogP contribution is 2.16. The second-order valence-corrected chi connectivity index (χ2v) is 9.15. The second-order valence-electron chi connectivity index (χ2n) is 6.81. The quantitative estimate of drug-likeness (QED) is 0.359. The zero-order valence-corrected chi connectivity index (χ0v) is 18.5. The van der Waals surface area contributed by atoms with Crippen molar-refractivity contribution >= 4 is 27.4 Å². The van der Waals surface area contributed by atoms with Gasteiger partial charge in [-0.05, 0) is 29.9 Å². The summed E-state index contributed by atoms with van der Waals surface area (Å²) in [4.78, 5) is 1.91. The zero-order chi connectivity index (χ0) is 20.4. The number of sulfonamides is 1. The first-order valence-electron chi connectivity index (χ1n) is 9.99. The minimum Gasteiger partial charge on any atom is -0.370 e. The largest absolute Gasteiger partial charge is 0.370 e. The van der Waals surface area contributed by atoms with Gasteiger partial charge in [-0.3, -0.25) is 0 Å². The molecule has 1 aromatic carbocycles. The van der Waals surface area contributed by atoms with Crippen molar-refractivity contribution in [1.82, 2.24) is 14.9 Å². The number of hydrogen-bond acceptors (Lipinski definition) is 4. The SMILES string of the molecule is CCN(CC)S(=O)(=O)c1ccc(CNC(=S)NCCC[NH+]2CCOCC2)cc1. The molecule has 0 aliphatic carbocycles. The molecule has 1 aliphatic rings. The van der Waals surface area contributed by atoms with Crippen molar-refractivity contribution in [1.29, 1.82) is 0 Å². The van der Waals surface area contributed by atoms with Crippen LogP contribution in [0.25, 0.3) is 0 Å². The molecule has 0 unspecified atom stereocenters. The topological polar surface area (TPSA) is 75.1 Å². The van der Waals surface area contributed by atoms with Crippen LogP contribution in [0.5, 0.6) is 0 Å². The molecule has 0 saturated carbocycles. The third-order valence-corrected chi connectivity index (χ3v) is 7.26. The third-order valence-electron chi connectivity index (χ3n) is 4.91. The molecule has 0 bridgehead atoms. The van der Waals surface area contributed by atoms with Gasteiger partial charge in [0, 0.05) is 32.6 Å². The molecule has 2 rings (SSSR count). The molecule has 1 fully saturated rings. The van der Waals surface area contributed by atoms with Crippen molar-refractivity contribution in [2.45, 2.75) is 31.7 Å². The van der Waals surface area contributed by atoms with E-state index >= 15 is 0 Å². The van der Waals surface area contributed by atoms with Crippen LogP contribution in [0.3, 0.4) is 0 Å². The minimum absolute atomic E-state index is 0.325. The summed E-state index contributed by atoms with van der Waals surface area (Å²) in [5.74, 6) is 0. The average molecular weight is 430 g/mol. The number of nitrogens with one attached hydrogen (secondary N) is 3. The van der Waals surface area contributed by atoms with E-state index in [1.165, 1.54) is 4.31 Å². The molecule has 0 amide bonds. The van der Waals surface area contributed by atoms with Gasteiger partial charge < -0.3 is 20.3 Å². The highest BCUT2D eigenvalue weighted by molar-refractivity contribution is 7.89. The second kappa shape index (κ2) is 11.7. The fraction of sp³-hybridized carbons (Fsp3) is 0.632. The Kier molecular flexibility index (Phi) is 9.60. The van der Waals surface area contributed by atoms with Crippen molar-refractivity contribution < 1.29 is 18.1 Å². The van der Waals surface area contributed by atoms with Gasteiger partial charge in [0.25, 0.3) is 0 Å². The van der Waals surface area contributed by atoms with E-state index in [4.69, 9.17) is 17.0 Å². The standard InChI is InChI=1S/C19H32N4O3S2/c1-3-23(4-2)28(24,25)18-8-6-17(7-9-18)16-21-19(27)20-10-5-11-22-12-14-26-15-13-22/h6-9H,3-5,10-16H2,1-2H3,(H2,20,21,27)/p+1. The van der Waals surface area contributed by atoms with Gasteiger partial charge in [-0.1, -0.05) is 26.0 Å². The van der Waals surface area contributed by atoms with E-state index in [9.17, 15) is 8.42 Å². The molecule has 0 spiro atoms. The fourth-order valence-electron chi connectivity index (χ4n) is 3.19. The molecule has 1 aliphatic heterocycles. The minimum atomic E-state index is -3.41. The van der Waals surface area contributed by atoms with E-state index in [2.05, 4.69) is 10.6 Å². The van der Waals surface area contributed by atoms with Crippen molar-refractivity contribution in [3.05, 3.63) is 29.8 Å². The van der Waals surface area contributed by atoms with Gasteiger partial charge in [0.2, 0.25) is 10.0 Å². The van der Waals surface area contributed by atoms with E-state index in [0.29, 0.717) is 29.6 Å². The van der Waals surface area contributed by atoms with Crippen LogP contribution in [0.4, 0.5) is 0 Å². The maximum absolute atomic E-state index is 12.5. The highest BCUT2D eigenvalue weighted by atomic mass is 32.2. The summed E-state index contributed by atoms with van der Waals surface area (Å²) in [6.45, 7) is 11.0. The summed E-state index contributed by atoms with van der Waals surface area (Å²) in [6, 6.07) is 6.97. The lowest BCUT2D eigenvalue weighted by Crippen LogP contribution is -3.14. The Morgan fingerprint density at radius 1 is 1.14 bits per heavy atom. The Morgan fingerprint density at radius 3 is 2.39 bits per heavy atom. The van der Waals surface area contributed by atoms with Gasteiger partial charge in [0.1, 0.15) is 13.1 Å². The van der Waals surface area contributed by atoms with Crippen molar-refractivity contribution in [3.8, 4) is 0 Å². The first-order valence-corrected chi connectivity index (χ1v) is 11.8. The number of hydrogen-bond donors (Lipinski definition) is 3. The van der Waals surface area contributed by atoms with Crippen LogP contribution in [0, 0.1) is 0 Å². The number of rotatable bonds is 10. The smallest absolute Gasteiger partial charge is 0.243 e. The predicted octanol–water partition coefficient (Wildman–Crippen LogP) is -0.0136. The summed E-state index contributed by atoms with van der Waals surface area (Å²) in [5.41, 5.74) is 0.986. The molecule has 1 heterocycles. The molecule has 7 nitrogen and oxygen atoms in total. The first-order chi connectivity index (χ1) is 13.5. The van der Waals surface area contributed by atoms with E-state index in [0.717, 1.165) is 51.4 Å². The van der Waals surface area contributed by atoms with Crippen molar-refractivity contribution in [3.63, 3.8) is 0 Å². The monoisotopic (exact) mass is 429 g/mol. The molecule has 1 saturated heterocycles. The first kappa shape index (κ1) is 23.0. The Balaban J connectivity index is 1.71. The maximum Gasteiger partial charge on any atom is 0.243 e. The van der Waals surface area contributed by atoms with Crippen LogP contribution in [0.15, 0.2) is 29.2 Å². The van der Waals surface area contributed by atoms with Crippen LogP contribution in [-0.2, 0) is 21.3 Å². The number of quaternary nitrogens is 1. The zero-order valence-electron chi connectivity index (χ0n) is 16.9. The van der Waals surface area contributed by atoms with Gasteiger partial charge in [-0.15, -0.1) is 0 Å². The van der Waals surface area contributed by atoms with Crippen molar-refractivity contribution in [2.24, 2.45) is 0 Å². The number of benzene rings is 1. The van der Waals surface area contributed by atoms with E-state index in [-0.39, 0.29) is 0 Å². The van der Waals surface area contributed by atoms with Crippen LogP contribution in [0.2, 0.25) is 0 Å². The molecule has 28 heavy (non-hydrogen) atoms. The van der Waals surface area contributed by atoms with E-state index in [1.54, 1.807) is 17.0 Å². The van der Waals surface area contributed by atoms with Crippen LogP contribution < -0.4 is 15.5 Å². The van der Waals surface area contributed by atoms with Gasteiger partial charge in [0.15, 0.2) is 5.11 Å². The lowest BCUT2D eigenvalue weighted by atomic mass is 10.2. The van der Waals surface area contributed by atoms with Gasteiger partial charge in [0.05, 0.1) is 24.7 Å². The number of morpholine rings is 1. The molecule has 9 heteroatoms. The summed E-state index contributed by atoms with van der Waals surface area (Å²) in [5, 5.41) is 7.03. The molecular formula is C19H33N4O3S2+. The number of thiocarbonyl (C=S) groups is 1.